The zero-order valence-corrected chi connectivity index (χ0v) is 17.2. The van der Waals surface area contributed by atoms with Crippen molar-refractivity contribution in [3.05, 3.63) is 101 Å². The first-order valence-corrected chi connectivity index (χ1v) is 10.9. The lowest BCUT2D eigenvalue weighted by molar-refractivity contribution is -0.490. The van der Waals surface area contributed by atoms with Gasteiger partial charge in [-0.15, -0.1) is 0 Å². The van der Waals surface area contributed by atoms with E-state index in [4.69, 9.17) is 4.74 Å². The lowest BCUT2D eigenvalue weighted by Gasteiger charge is -2.33. The SMILES string of the molecule is COc1cccc([C@](C)(C[N+](=O)[O-])NP(=O)(c2ccccc2)c2ccccc2)c1. The van der Waals surface area contributed by atoms with E-state index < -0.39 is 24.3 Å². The summed E-state index contributed by atoms with van der Waals surface area (Å²) >= 11 is 0. The summed E-state index contributed by atoms with van der Waals surface area (Å²) in [7, 11) is -1.85. The molecule has 29 heavy (non-hydrogen) atoms. The molecule has 0 unspecified atom stereocenters. The molecule has 1 atom stereocenters. The molecule has 150 valence electrons. The van der Waals surface area contributed by atoms with Crippen LogP contribution in [0.5, 0.6) is 5.75 Å². The third-order valence-electron chi connectivity index (χ3n) is 4.80. The number of hydrogen-bond acceptors (Lipinski definition) is 4. The largest absolute Gasteiger partial charge is 0.497 e. The Bertz CT molecular complexity index is 984. The van der Waals surface area contributed by atoms with Crippen molar-refractivity contribution in [3.63, 3.8) is 0 Å². The van der Waals surface area contributed by atoms with Crippen LogP contribution < -0.4 is 20.4 Å². The maximum atomic E-state index is 14.4. The standard InChI is InChI=1S/C22H23N2O4P/c1-22(17-24(25)26,18-10-9-11-19(16-18)28-2)23-29(27,20-12-5-3-6-13-20)21-14-7-4-8-15-21/h3-16H,17H2,1-2H3,(H,23,27)/t22-/m0/s1. The van der Waals surface area contributed by atoms with E-state index in [2.05, 4.69) is 5.09 Å². The number of nitrogens with zero attached hydrogens (tertiary/aromatic N) is 1. The maximum Gasteiger partial charge on any atom is 0.226 e. The van der Waals surface area contributed by atoms with Crippen molar-refractivity contribution in [2.75, 3.05) is 13.7 Å². The fraction of sp³-hybridized carbons (Fsp3) is 0.182. The van der Waals surface area contributed by atoms with E-state index in [9.17, 15) is 14.7 Å². The average molecular weight is 410 g/mol. The van der Waals surface area contributed by atoms with Crippen LogP contribution in [-0.4, -0.2) is 18.6 Å². The molecule has 1 N–H and O–H groups in total. The van der Waals surface area contributed by atoms with Crippen LogP contribution in [0.3, 0.4) is 0 Å². The van der Waals surface area contributed by atoms with Gasteiger partial charge < -0.3 is 4.74 Å². The van der Waals surface area contributed by atoms with Gasteiger partial charge in [-0.3, -0.25) is 14.7 Å². The van der Waals surface area contributed by atoms with Crippen LogP contribution in [0.4, 0.5) is 0 Å². The summed E-state index contributed by atoms with van der Waals surface area (Å²) in [6.07, 6.45) is 0. The van der Waals surface area contributed by atoms with E-state index in [0.29, 0.717) is 21.9 Å². The molecule has 7 heteroatoms. The van der Waals surface area contributed by atoms with Crippen LogP contribution in [0, 0.1) is 10.1 Å². The van der Waals surface area contributed by atoms with Gasteiger partial charge in [0.05, 0.1) is 7.11 Å². The van der Waals surface area contributed by atoms with Crippen molar-refractivity contribution >= 4 is 17.9 Å². The summed E-state index contributed by atoms with van der Waals surface area (Å²) in [4.78, 5) is 11.2. The maximum absolute atomic E-state index is 14.4. The lowest BCUT2D eigenvalue weighted by atomic mass is 9.93. The normalized spacial score (nSPS) is 13.4. The van der Waals surface area contributed by atoms with Gasteiger partial charge in [0.2, 0.25) is 13.8 Å². The zero-order valence-electron chi connectivity index (χ0n) is 16.3. The summed E-state index contributed by atoms with van der Waals surface area (Å²) in [5.41, 5.74) is -0.570. The zero-order chi connectivity index (χ0) is 20.9. The minimum atomic E-state index is -3.39. The Morgan fingerprint density at radius 2 is 1.52 bits per heavy atom. The van der Waals surface area contributed by atoms with E-state index in [1.54, 1.807) is 55.5 Å². The van der Waals surface area contributed by atoms with Crippen LogP contribution >= 0.6 is 7.29 Å². The molecule has 0 spiro atoms. The fourth-order valence-electron chi connectivity index (χ4n) is 3.32. The first-order valence-electron chi connectivity index (χ1n) is 9.14. The smallest absolute Gasteiger partial charge is 0.226 e. The van der Waals surface area contributed by atoms with E-state index in [1.165, 1.54) is 7.11 Å². The second kappa shape index (κ2) is 8.60. The quantitative estimate of drug-likeness (QED) is 0.348. The minimum Gasteiger partial charge on any atom is -0.497 e. The monoisotopic (exact) mass is 410 g/mol. The van der Waals surface area contributed by atoms with Gasteiger partial charge >= 0.3 is 0 Å². The molecule has 0 amide bonds. The molecule has 3 aromatic carbocycles. The van der Waals surface area contributed by atoms with Crippen molar-refractivity contribution in [3.8, 4) is 5.75 Å². The molecular weight excluding hydrogens is 387 g/mol. The Balaban J connectivity index is 2.16. The molecule has 0 aliphatic carbocycles. The fourth-order valence-corrected chi connectivity index (χ4v) is 5.95. The van der Waals surface area contributed by atoms with E-state index in [-0.39, 0.29) is 0 Å². The second-order valence-electron chi connectivity index (χ2n) is 6.95. The molecule has 0 saturated heterocycles. The van der Waals surface area contributed by atoms with E-state index in [0.717, 1.165) is 0 Å². The van der Waals surface area contributed by atoms with Gasteiger partial charge in [0.25, 0.3) is 0 Å². The second-order valence-corrected chi connectivity index (χ2v) is 9.42. The summed E-state index contributed by atoms with van der Waals surface area (Å²) in [6.45, 7) is 1.26. The van der Waals surface area contributed by atoms with Gasteiger partial charge in [0.1, 0.15) is 11.3 Å². The summed E-state index contributed by atoms with van der Waals surface area (Å²) < 4.78 is 19.7. The Morgan fingerprint density at radius 1 is 0.966 bits per heavy atom. The molecule has 0 aliphatic rings. The Morgan fingerprint density at radius 3 is 2.00 bits per heavy atom. The predicted octanol–water partition coefficient (Wildman–Crippen LogP) is 3.71. The van der Waals surface area contributed by atoms with Gasteiger partial charge in [-0.1, -0.05) is 48.5 Å². The highest BCUT2D eigenvalue weighted by Gasteiger charge is 2.41. The number of rotatable bonds is 8. The molecule has 6 nitrogen and oxygen atoms in total. The molecule has 0 aromatic heterocycles. The Hall–Kier alpha value is -2.95. The van der Waals surface area contributed by atoms with E-state index >= 15 is 0 Å². The Kier molecular flexibility index (Phi) is 6.16. The molecule has 0 bridgehead atoms. The molecule has 0 saturated carbocycles. The molecule has 0 radical (unpaired) electrons. The number of methoxy groups -OCH3 is 1. The van der Waals surface area contributed by atoms with Gasteiger partial charge in [0, 0.05) is 15.5 Å². The van der Waals surface area contributed by atoms with Crippen molar-refractivity contribution in [1.29, 1.82) is 0 Å². The van der Waals surface area contributed by atoms with Crippen LogP contribution in [0.25, 0.3) is 0 Å². The Labute approximate surface area is 170 Å². The highest BCUT2D eigenvalue weighted by molar-refractivity contribution is 7.77. The number of nitro groups is 1. The number of hydrogen-bond donors (Lipinski definition) is 1. The van der Waals surface area contributed by atoms with Crippen LogP contribution in [0.2, 0.25) is 0 Å². The topological polar surface area (TPSA) is 81.5 Å². The summed E-state index contributed by atoms with van der Waals surface area (Å²) in [5.74, 6) is 0.577. The van der Waals surface area contributed by atoms with Gasteiger partial charge in [0.15, 0.2) is 0 Å². The number of ether oxygens (including phenoxy) is 1. The summed E-state index contributed by atoms with van der Waals surface area (Å²) in [5, 5.41) is 15.9. The highest BCUT2D eigenvalue weighted by Crippen LogP contribution is 2.44. The average Bonchev–Trinajstić information content (AvgIpc) is 2.74. The van der Waals surface area contributed by atoms with E-state index in [1.807, 2.05) is 36.4 Å². The van der Waals surface area contributed by atoms with Crippen LogP contribution in [0.15, 0.2) is 84.9 Å². The highest BCUT2D eigenvalue weighted by atomic mass is 31.2. The van der Waals surface area contributed by atoms with Crippen molar-refractivity contribution in [2.45, 2.75) is 12.5 Å². The minimum absolute atomic E-state index is 0.396. The molecule has 3 aromatic rings. The third-order valence-corrected chi connectivity index (χ3v) is 7.66. The van der Waals surface area contributed by atoms with Gasteiger partial charge in [-0.2, -0.15) is 0 Å². The molecule has 0 fully saturated rings. The number of benzene rings is 3. The van der Waals surface area contributed by atoms with Crippen molar-refractivity contribution < 1.29 is 14.2 Å². The first kappa shape index (κ1) is 20.8. The molecule has 0 aliphatic heterocycles. The predicted molar refractivity (Wildman–Crippen MR) is 115 cm³/mol. The van der Waals surface area contributed by atoms with Gasteiger partial charge in [-0.05, 0) is 48.9 Å². The number of nitrogens with one attached hydrogen (secondary N) is 1. The van der Waals surface area contributed by atoms with Crippen LogP contribution in [0.1, 0.15) is 12.5 Å². The van der Waals surface area contributed by atoms with Gasteiger partial charge in [-0.25, -0.2) is 5.09 Å². The van der Waals surface area contributed by atoms with Crippen molar-refractivity contribution in [2.24, 2.45) is 0 Å². The molecule has 3 rings (SSSR count). The van der Waals surface area contributed by atoms with Crippen molar-refractivity contribution in [1.82, 2.24) is 5.09 Å². The molecule has 0 heterocycles. The summed E-state index contributed by atoms with van der Waals surface area (Å²) in [6, 6.07) is 25.1. The molecular formula is C22H23N2O4P. The third kappa shape index (κ3) is 4.56. The van der Waals surface area contributed by atoms with Crippen LogP contribution in [-0.2, 0) is 10.1 Å². The first-order chi connectivity index (χ1) is 13.9. The lowest BCUT2D eigenvalue weighted by Crippen LogP contribution is -2.47.